The Hall–Kier alpha value is -2.53. The van der Waals surface area contributed by atoms with Gasteiger partial charge in [0.2, 0.25) is 0 Å². The molecule has 2 aromatic rings. The molecule has 5 heteroatoms. The van der Waals surface area contributed by atoms with E-state index in [0.717, 1.165) is 62.6 Å². The maximum atomic E-state index is 12.6. The molecule has 1 amide bonds. The zero-order chi connectivity index (χ0) is 19.3. The molecule has 4 rings (SSSR count). The number of carbonyl (C=O) groups is 1. The predicted octanol–water partition coefficient (Wildman–Crippen LogP) is 3.14. The summed E-state index contributed by atoms with van der Waals surface area (Å²) in [5.74, 6) is 2.41. The van der Waals surface area contributed by atoms with Crippen LogP contribution in [0.1, 0.15) is 28.8 Å². The Bertz CT molecular complexity index is 801. The van der Waals surface area contributed by atoms with Crippen LogP contribution in [-0.4, -0.2) is 50.2 Å². The number of likely N-dealkylation sites (tertiary alicyclic amines) is 1. The molecule has 1 saturated heterocycles. The summed E-state index contributed by atoms with van der Waals surface area (Å²) in [4.78, 5) is 14.5. The van der Waals surface area contributed by atoms with Crippen molar-refractivity contribution < 1.29 is 14.3 Å². The lowest BCUT2D eigenvalue weighted by Crippen LogP contribution is -2.46. The first-order valence-corrected chi connectivity index (χ1v) is 10.1. The summed E-state index contributed by atoms with van der Waals surface area (Å²) in [6.07, 6.45) is 3.03. The molecule has 2 heterocycles. The van der Waals surface area contributed by atoms with Crippen molar-refractivity contribution in [2.75, 3.05) is 33.4 Å². The van der Waals surface area contributed by atoms with E-state index >= 15 is 0 Å². The average molecular weight is 380 g/mol. The lowest BCUT2D eigenvalue weighted by Gasteiger charge is -2.34. The topological polar surface area (TPSA) is 50.8 Å². The quantitative estimate of drug-likeness (QED) is 0.866. The maximum absolute atomic E-state index is 12.6. The van der Waals surface area contributed by atoms with E-state index in [-0.39, 0.29) is 5.91 Å². The molecule has 1 unspecified atom stereocenters. The van der Waals surface area contributed by atoms with Crippen molar-refractivity contribution in [2.45, 2.75) is 25.3 Å². The number of nitrogens with one attached hydrogen (secondary N) is 1. The predicted molar refractivity (Wildman–Crippen MR) is 109 cm³/mol. The fourth-order valence-corrected chi connectivity index (χ4v) is 4.06. The smallest absolute Gasteiger partial charge is 0.253 e. The number of ether oxygens (including phenoxy) is 2. The summed E-state index contributed by atoms with van der Waals surface area (Å²) < 4.78 is 11.2. The highest BCUT2D eigenvalue weighted by Crippen LogP contribution is 2.31. The summed E-state index contributed by atoms with van der Waals surface area (Å²) in [7, 11) is 1.68. The molecular formula is C23H28N2O3. The van der Waals surface area contributed by atoms with Crippen molar-refractivity contribution >= 4 is 5.91 Å². The monoisotopic (exact) mass is 380 g/mol. The van der Waals surface area contributed by atoms with Crippen LogP contribution in [0.25, 0.3) is 0 Å². The van der Waals surface area contributed by atoms with Crippen LogP contribution in [0.3, 0.4) is 0 Å². The fraction of sp³-hybridized carbons (Fsp3) is 0.435. The molecule has 28 heavy (non-hydrogen) atoms. The van der Waals surface area contributed by atoms with Gasteiger partial charge in [0.15, 0.2) is 0 Å². The molecule has 0 bridgehead atoms. The molecule has 148 valence electrons. The minimum Gasteiger partial charge on any atom is -0.497 e. The van der Waals surface area contributed by atoms with E-state index in [1.807, 2.05) is 47.4 Å². The van der Waals surface area contributed by atoms with E-state index in [1.54, 1.807) is 7.11 Å². The number of rotatable bonds is 5. The van der Waals surface area contributed by atoms with E-state index in [0.29, 0.717) is 12.0 Å². The molecule has 2 aromatic carbocycles. The Morgan fingerprint density at radius 1 is 1.18 bits per heavy atom. The Morgan fingerprint density at radius 2 is 1.96 bits per heavy atom. The third-order valence-corrected chi connectivity index (χ3v) is 5.76. The van der Waals surface area contributed by atoms with Crippen LogP contribution in [0, 0.1) is 5.92 Å². The second kappa shape index (κ2) is 8.65. The molecule has 1 N–H and O–H groups in total. The van der Waals surface area contributed by atoms with Crippen molar-refractivity contribution in [1.29, 1.82) is 0 Å². The van der Waals surface area contributed by atoms with Gasteiger partial charge in [0.25, 0.3) is 5.91 Å². The number of benzene rings is 2. The molecule has 1 fully saturated rings. The third kappa shape index (κ3) is 4.30. The van der Waals surface area contributed by atoms with Gasteiger partial charge >= 0.3 is 0 Å². The molecule has 0 saturated carbocycles. The van der Waals surface area contributed by atoms with Gasteiger partial charge in [0, 0.05) is 43.2 Å². The minimum absolute atomic E-state index is 0.145. The molecule has 2 aliphatic rings. The summed E-state index contributed by atoms with van der Waals surface area (Å²) in [6, 6.07) is 16.1. The van der Waals surface area contributed by atoms with E-state index < -0.39 is 0 Å². The highest BCUT2D eigenvalue weighted by Gasteiger charge is 2.25. The molecule has 0 aromatic heterocycles. The van der Waals surface area contributed by atoms with Gasteiger partial charge in [-0.2, -0.15) is 0 Å². The highest BCUT2D eigenvalue weighted by atomic mass is 16.5. The van der Waals surface area contributed by atoms with Crippen molar-refractivity contribution in [3.05, 3.63) is 59.7 Å². The first-order chi connectivity index (χ1) is 13.7. The Labute approximate surface area is 166 Å². The minimum atomic E-state index is 0.145. The summed E-state index contributed by atoms with van der Waals surface area (Å²) >= 11 is 0. The van der Waals surface area contributed by atoms with E-state index in [2.05, 4.69) is 11.4 Å². The molecule has 0 spiro atoms. The summed E-state index contributed by atoms with van der Waals surface area (Å²) in [6.45, 7) is 3.31. The van der Waals surface area contributed by atoms with Crippen LogP contribution in [0.4, 0.5) is 0 Å². The van der Waals surface area contributed by atoms with Crippen molar-refractivity contribution in [1.82, 2.24) is 10.2 Å². The van der Waals surface area contributed by atoms with Gasteiger partial charge in [0.05, 0.1) is 13.7 Å². The van der Waals surface area contributed by atoms with E-state index in [1.165, 1.54) is 5.56 Å². The van der Waals surface area contributed by atoms with Gasteiger partial charge in [-0.3, -0.25) is 4.79 Å². The van der Waals surface area contributed by atoms with Crippen molar-refractivity contribution in [3.8, 4) is 11.5 Å². The zero-order valence-corrected chi connectivity index (χ0v) is 16.4. The number of hydrogen-bond acceptors (Lipinski definition) is 4. The van der Waals surface area contributed by atoms with Crippen LogP contribution >= 0.6 is 0 Å². The fourth-order valence-electron chi connectivity index (χ4n) is 4.06. The molecule has 0 radical (unpaired) electrons. The van der Waals surface area contributed by atoms with Crippen molar-refractivity contribution in [2.24, 2.45) is 5.92 Å². The second-order valence-corrected chi connectivity index (χ2v) is 7.70. The van der Waals surface area contributed by atoms with Crippen LogP contribution in [0.15, 0.2) is 48.5 Å². The Morgan fingerprint density at radius 3 is 2.71 bits per heavy atom. The van der Waals surface area contributed by atoms with Crippen molar-refractivity contribution in [3.63, 3.8) is 0 Å². The van der Waals surface area contributed by atoms with Crippen LogP contribution in [0.5, 0.6) is 11.5 Å². The number of carbonyl (C=O) groups excluding carboxylic acids is 1. The first kappa shape index (κ1) is 18.8. The molecular weight excluding hydrogens is 352 g/mol. The summed E-state index contributed by atoms with van der Waals surface area (Å²) in [5, 5.41) is 3.70. The van der Waals surface area contributed by atoms with Gasteiger partial charge < -0.3 is 19.7 Å². The van der Waals surface area contributed by atoms with E-state index in [9.17, 15) is 4.79 Å². The van der Waals surface area contributed by atoms with Gasteiger partial charge in [-0.25, -0.2) is 0 Å². The average Bonchev–Trinajstić information content (AvgIpc) is 2.77. The first-order valence-electron chi connectivity index (χ1n) is 10.1. The second-order valence-electron chi connectivity index (χ2n) is 7.70. The van der Waals surface area contributed by atoms with E-state index in [4.69, 9.17) is 9.47 Å². The number of nitrogens with zero attached hydrogens (tertiary/aromatic N) is 1. The molecule has 5 nitrogen and oxygen atoms in total. The maximum Gasteiger partial charge on any atom is 0.253 e. The van der Waals surface area contributed by atoms with Gasteiger partial charge in [-0.05, 0) is 43.0 Å². The van der Waals surface area contributed by atoms with Gasteiger partial charge in [-0.1, -0.05) is 24.3 Å². The number of amides is 1. The van der Waals surface area contributed by atoms with Crippen LogP contribution < -0.4 is 14.8 Å². The van der Waals surface area contributed by atoms with Crippen LogP contribution in [0.2, 0.25) is 0 Å². The molecule has 2 aliphatic heterocycles. The number of methoxy groups -OCH3 is 1. The van der Waals surface area contributed by atoms with Crippen LogP contribution in [-0.2, 0) is 6.42 Å². The Balaban J connectivity index is 1.23. The lowest BCUT2D eigenvalue weighted by molar-refractivity contribution is 0.0702. The Kier molecular flexibility index (Phi) is 5.81. The third-order valence-electron chi connectivity index (χ3n) is 5.76. The zero-order valence-electron chi connectivity index (χ0n) is 16.4. The van der Waals surface area contributed by atoms with Gasteiger partial charge in [0.1, 0.15) is 11.5 Å². The van der Waals surface area contributed by atoms with Gasteiger partial charge in [-0.15, -0.1) is 0 Å². The SMILES string of the molecule is COc1ccc2c(c1)OCC(CNC1CCN(C(=O)c3ccccc3)CC1)C2. The molecule has 1 atom stereocenters. The number of hydrogen-bond donors (Lipinski definition) is 1. The largest absolute Gasteiger partial charge is 0.497 e. The summed E-state index contributed by atoms with van der Waals surface area (Å²) in [5.41, 5.74) is 2.03. The number of piperidine rings is 1. The number of fused-ring (bicyclic) bond motifs is 1. The highest BCUT2D eigenvalue weighted by molar-refractivity contribution is 5.94. The normalized spacial score (nSPS) is 19.6. The standard InChI is InChI=1S/C23H28N2O3/c1-27-21-8-7-19-13-17(16-28-22(19)14-21)15-24-20-9-11-25(12-10-20)23(26)18-5-3-2-4-6-18/h2-8,14,17,20,24H,9-13,15-16H2,1H3. The lowest BCUT2D eigenvalue weighted by atomic mass is 9.95. The molecule has 0 aliphatic carbocycles.